The molecule has 0 amide bonds. The monoisotopic (exact) mass is 205 g/mol. The average molecular weight is 205 g/mol. The number of rotatable bonds is 6. The molecule has 15 heavy (non-hydrogen) atoms. The molecule has 1 rings (SSSR count). The Balaban J connectivity index is 2.61. The maximum Gasteiger partial charge on any atom is 0.0461 e. The van der Waals surface area contributed by atoms with Gasteiger partial charge in [-0.15, -0.1) is 6.58 Å². The average Bonchev–Trinajstić information content (AvgIpc) is 2.24. The number of hydrazine groups is 1. The molecule has 3 heteroatoms. The summed E-state index contributed by atoms with van der Waals surface area (Å²) in [6.45, 7) is 5.70. The summed E-state index contributed by atoms with van der Waals surface area (Å²) in [4.78, 5) is 4.17. The highest BCUT2D eigenvalue weighted by atomic mass is 15.2. The number of nitrogens with zero attached hydrogens (tertiary/aromatic N) is 1. The van der Waals surface area contributed by atoms with E-state index in [1.54, 1.807) is 0 Å². The number of aryl methyl sites for hydroxylation is 1. The third-order valence-corrected chi connectivity index (χ3v) is 2.43. The smallest absolute Gasteiger partial charge is 0.0461 e. The molecule has 0 saturated heterocycles. The van der Waals surface area contributed by atoms with E-state index in [0.29, 0.717) is 0 Å². The molecule has 1 aromatic rings. The van der Waals surface area contributed by atoms with Gasteiger partial charge in [0.2, 0.25) is 0 Å². The van der Waals surface area contributed by atoms with E-state index in [-0.39, 0.29) is 6.04 Å². The van der Waals surface area contributed by atoms with Crippen molar-refractivity contribution in [3.05, 3.63) is 42.2 Å². The fraction of sp³-hybridized carbons (Fsp3) is 0.417. The van der Waals surface area contributed by atoms with Gasteiger partial charge in [-0.2, -0.15) is 0 Å². The maximum atomic E-state index is 5.54. The molecule has 0 aliphatic rings. The first-order chi connectivity index (χ1) is 7.27. The van der Waals surface area contributed by atoms with Gasteiger partial charge in [0, 0.05) is 17.9 Å². The second-order valence-electron chi connectivity index (χ2n) is 3.67. The Morgan fingerprint density at radius 2 is 2.47 bits per heavy atom. The standard InChI is InChI=1S/C12H19N3/c1-3-4-5-6-12(15-13)11-7-8-14-10(2)9-11/h3,7-9,12,15H,1,4-6,13H2,2H3. The molecule has 0 fully saturated rings. The minimum absolute atomic E-state index is 0.214. The summed E-state index contributed by atoms with van der Waals surface area (Å²) in [5, 5.41) is 0. The van der Waals surface area contributed by atoms with Gasteiger partial charge in [-0.05, 0) is 43.9 Å². The van der Waals surface area contributed by atoms with E-state index in [0.717, 1.165) is 25.0 Å². The van der Waals surface area contributed by atoms with E-state index in [1.807, 2.05) is 25.3 Å². The number of hydrogen-bond acceptors (Lipinski definition) is 3. The van der Waals surface area contributed by atoms with E-state index in [2.05, 4.69) is 23.1 Å². The van der Waals surface area contributed by atoms with Crippen molar-refractivity contribution in [1.29, 1.82) is 0 Å². The van der Waals surface area contributed by atoms with Gasteiger partial charge in [-0.1, -0.05) is 6.08 Å². The van der Waals surface area contributed by atoms with Crippen LogP contribution < -0.4 is 11.3 Å². The largest absolute Gasteiger partial charge is 0.271 e. The second-order valence-corrected chi connectivity index (χ2v) is 3.67. The second kappa shape index (κ2) is 6.32. The lowest BCUT2D eigenvalue weighted by Crippen LogP contribution is -2.28. The molecule has 3 N–H and O–H groups in total. The van der Waals surface area contributed by atoms with Crippen molar-refractivity contribution in [3.8, 4) is 0 Å². The highest BCUT2D eigenvalue weighted by Crippen LogP contribution is 2.18. The third kappa shape index (κ3) is 3.81. The lowest BCUT2D eigenvalue weighted by molar-refractivity contribution is 0.500. The number of unbranched alkanes of at least 4 members (excludes halogenated alkanes) is 1. The van der Waals surface area contributed by atoms with Gasteiger partial charge >= 0.3 is 0 Å². The quantitative estimate of drug-likeness (QED) is 0.324. The van der Waals surface area contributed by atoms with Crippen molar-refractivity contribution in [2.75, 3.05) is 0 Å². The minimum atomic E-state index is 0.214. The van der Waals surface area contributed by atoms with E-state index >= 15 is 0 Å². The molecule has 0 aliphatic heterocycles. The van der Waals surface area contributed by atoms with E-state index in [4.69, 9.17) is 5.84 Å². The van der Waals surface area contributed by atoms with Gasteiger partial charge in [0.15, 0.2) is 0 Å². The number of aromatic nitrogens is 1. The van der Waals surface area contributed by atoms with Crippen LogP contribution in [0.1, 0.15) is 36.6 Å². The zero-order valence-corrected chi connectivity index (χ0v) is 9.24. The number of allylic oxidation sites excluding steroid dienone is 1. The number of nitrogens with one attached hydrogen (secondary N) is 1. The lowest BCUT2D eigenvalue weighted by atomic mass is 10.0. The highest BCUT2D eigenvalue weighted by molar-refractivity contribution is 5.19. The van der Waals surface area contributed by atoms with Gasteiger partial charge in [-0.3, -0.25) is 16.3 Å². The van der Waals surface area contributed by atoms with Gasteiger partial charge in [-0.25, -0.2) is 0 Å². The fourth-order valence-electron chi connectivity index (χ4n) is 1.60. The van der Waals surface area contributed by atoms with Crippen LogP contribution in [0.15, 0.2) is 31.0 Å². The zero-order valence-electron chi connectivity index (χ0n) is 9.24. The van der Waals surface area contributed by atoms with Crippen molar-refractivity contribution < 1.29 is 0 Å². The summed E-state index contributed by atoms with van der Waals surface area (Å²) in [6, 6.07) is 4.29. The van der Waals surface area contributed by atoms with Crippen molar-refractivity contribution in [3.63, 3.8) is 0 Å². The maximum absolute atomic E-state index is 5.54. The Hall–Kier alpha value is -1.19. The van der Waals surface area contributed by atoms with Crippen LogP contribution in [0, 0.1) is 6.92 Å². The topological polar surface area (TPSA) is 50.9 Å². The van der Waals surface area contributed by atoms with Crippen molar-refractivity contribution in [2.45, 2.75) is 32.2 Å². The molecular formula is C12H19N3. The summed E-state index contributed by atoms with van der Waals surface area (Å²) in [5.41, 5.74) is 5.07. The SMILES string of the molecule is C=CCCCC(NN)c1ccnc(C)c1. The molecule has 3 nitrogen and oxygen atoms in total. The molecule has 0 saturated carbocycles. The molecule has 0 spiro atoms. The summed E-state index contributed by atoms with van der Waals surface area (Å²) < 4.78 is 0. The summed E-state index contributed by atoms with van der Waals surface area (Å²) >= 11 is 0. The molecular weight excluding hydrogens is 186 g/mol. The Morgan fingerprint density at radius 1 is 1.67 bits per heavy atom. The Bertz CT molecular complexity index is 309. The van der Waals surface area contributed by atoms with Gasteiger partial charge < -0.3 is 0 Å². The van der Waals surface area contributed by atoms with Gasteiger partial charge in [0.05, 0.1) is 0 Å². The number of nitrogens with two attached hydrogens (primary N) is 1. The first-order valence-electron chi connectivity index (χ1n) is 5.27. The first kappa shape index (κ1) is 11.9. The predicted octanol–water partition coefficient (Wildman–Crippen LogP) is 2.25. The molecule has 0 aliphatic carbocycles. The third-order valence-electron chi connectivity index (χ3n) is 2.43. The molecule has 1 atom stereocenters. The Morgan fingerprint density at radius 3 is 3.07 bits per heavy atom. The molecule has 1 heterocycles. The highest BCUT2D eigenvalue weighted by Gasteiger charge is 2.08. The van der Waals surface area contributed by atoms with Crippen molar-refractivity contribution >= 4 is 0 Å². The number of pyridine rings is 1. The van der Waals surface area contributed by atoms with Crippen LogP contribution in [0.4, 0.5) is 0 Å². The van der Waals surface area contributed by atoms with Crippen LogP contribution in [0.2, 0.25) is 0 Å². The molecule has 0 bridgehead atoms. The predicted molar refractivity (Wildman–Crippen MR) is 63.1 cm³/mol. The molecule has 82 valence electrons. The van der Waals surface area contributed by atoms with Crippen molar-refractivity contribution in [1.82, 2.24) is 10.4 Å². The summed E-state index contributed by atoms with van der Waals surface area (Å²) in [7, 11) is 0. The van der Waals surface area contributed by atoms with Crippen LogP contribution in [0.25, 0.3) is 0 Å². The van der Waals surface area contributed by atoms with Crippen LogP contribution in [0.3, 0.4) is 0 Å². The van der Waals surface area contributed by atoms with E-state index in [1.165, 1.54) is 5.56 Å². The molecule has 0 radical (unpaired) electrons. The molecule has 1 unspecified atom stereocenters. The summed E-state index contributed by atoms with van der Waals surface area (Å²) in [6.07, 6.45) is 6.90. The fourth-order valence-corrected chi connectivity index (χ4v) is 1.60. The van der Waals surface area contributed by atoms with Crippen LogP contribution >= 0.6 is 0 Å². The normalized spacial score (nSPS) is 12.4. The lowest BCUT2D eigenvalue weighted by Gasteiger charge is -2.15. The van der Waals surface area contributed by atoms with Gasteiger partial charge in [0.1, 0.15) is 0 Å². The molecule has 1 aromatic heterocycles. The Kier molecular flexibility index (Phi) is 5.01. The van der Waals surface area contributed by atoms with Crippen LogP contribution in [0.5, 0.6) is 0 Å². The molecule has 0 aromatic carbocycles. The zero-order chi connectivity index (χ0) is 11.1. The minimum Gasteiger partial charge on any atom is -0.271 e. The van der Waals surface area contributed by atoms with Gasteiger partial charge in [0.25, 0.3) is 0 Å². The van der Waals surface area contributed by atoms with E-state index < -0.39 is 0 Å². The summed E-state index contributed by atoms with van der Waals surface area (Å²) in [5.74, 6) is 5.54. The van der Waals surface area contributed by atoms with Crippen LogP contribution in [-0.4, -0.2) is 4.98 Å². The number of hydrogen-bond donors (Lipinski definition) is 2. The first-order valence-corrected chi connectivity index (χ1v) is 5.27. The van der Waals surface area contributed by atoms with E-state index in [9.17, 15) is 0 Å². The van der Waals surface area contributed by atoms with Crippen LogP contribution in [-0.2, 0) is 0 Å². The Labute approximate surface area is 91.4 Å². The van der Waals surface area contributed by atoms with Crippen molar-refractivity contribution in [2.24, 2.45) is 5.84 Å².